The Morgan fingerprint density at radius 1 is 1.07 bits per heavy atom. The van der Waals surface area contributed by atoms with Crippen LogP contribution in [0.3, 0.4) is 0 Å². The number of aryl methyl sites for hydroxylation is 1. The fraction of sp³-hybridized carbons (Fsp3) is 0.529. The van der Waals surface area contributed by atoms with Gasteiger partial charge in [-0.05, 0) is 84.4 Å². The van der Waals surface area contributed by atoms with Crippen LogP contribution in [-0.4, -0.2) is 36.0 Å². The second-order valence-electron chi connectivity index (χ2n) is 11.6. The number of aliphatic carboxylic acids is 1. The van der Waals surface area contributed by atoms with Crippen molar-refractivity contribution in [1.82, 2.24) is 10.6 Å². The van der Waals surface area contributed by atoms with Crippen LogP contribution in [0, 0.1) is 18.8 Å². The van der Waals surface area contributed by atoms with Crippen molar-refractivity contribution >= 4 is 23.6 Å². The first-order chi connectivity index (χ1) is 19.3. The Hall–Kier alpha value is -1.97. The van der Waals surface area contributed by atoms with Gasteiger partial charge in [0.25, 0.3) is 5.91 Å². The molecule has 1 fully saturated rings. The Morgan fingerprint density at radius 3 is 2.46 bits per heavy atom. The number of carboxylic acids is 1. The minimum Gasteiger partial charge on any atom is -0.548 e. The second-order valence-corrected chi connectivity index (χ2v) is 12.6. The van der Waals surface area contributed by atoms with E-state index >= 15 is 0 Å². The fourth-order valence-corrected chi connectivity index (χ4v) is 5.97. The van der Waals surface area contributed by atoms with Crippen molar-refractivity contribution in [3.05, 3.63) is 71.3 Å². The van der Waals surface area contributed by atoms with E-state index in [4.69, 9.17) is 0 Å². The third-order valence-electron chi connectivity index (χ3n) is 7.82. The van der Waals surface area contributed by atoms with Crippen molar-refractivity contribution in [2.75, 3.05) is 12.0 Å². The molecule has 0 saturated heterocycles. The third kappa shape index (κ3) is 11.7. The van der Waals surface area contributed by atoms with Crippen LogP contribution in [0.25, 0.3) is 11.1 Å². The number of amides is 1. The van der Waals surface area contributed by atoms with Crippen LogP contribution in [-0.2, 0) is 11.3 Å². The normalized spacial score (nSPS) is 15.4. The summed E-state index contributed by atoms with van der Waals surface area (Å²) in [5, 5.41) is 18.2. The molecule has 1 amide bonds. The number of nitrogens with one attached hydrogen (secondary N) is 2. The standard InChI is InChI=1S/C34H48N2O3S.Li/c1-24(2)11-10-15-28(21-26-13-6-5-7-14-26)35-23-27-17-18-30(31(22-27)29-16-9-8-12-25(29)3)33(37)36-32(34(38)39)19-20-40-4;/h8-10,12,15-18,22,24,26,28,32,35H,5-7,11,13-14,19-21,23H2,1-4H3,(H,36,37)(H,38,39);/q;+1/p-1/b15-10+;/t28-,32+;/m1./s1. The van der Waals surface area contributed by atoms with Gasteiger partial charge in [-0.2, -0.15) is 11.8 Å². The van der Waals surface area contributed by atoms with E-state index in [1.165, 1.54) is 32.1 Å². The third-order valence-corrected chi connectivity index (χ3v) is 8.46. The molecule has 0 spiro atoms. The Labute approximate surface area is 263 Å². The van der Waals surface area contributed by atoms with Crippen molar-refractivity contribution in [2.24, 2.45) is 11.8 Å². The molecule has 0 radical (unpaired) electrons. The van der Waals surface area contributed by atoms with Crippen molar-refractivity contribution in [1.29, 1.82) is 0 Å². The van der Waals surface area contributed by atoms with Crippen LogP contribution in [0.4, 0.5) is 0 Å². The van der Waals surface area contributed by atoms with Crippen molar-refractivity contribution < 1.29 is 33.6 Å². The summed E-state index contributed by atoms with van der Waals surface area (Å²) in [6.07, 6.45) is 15.8. The Kier molecular flexibility index (Phi) is 15.9. The molecule has 2 aromatic carbocycles. The smallest absolute Gasteiger partial charge is 0.548 e. The van der Waals surface area contributed by atoms with Gasteiger partial charge in [0, 0.05) is 18.2 Å². The number of carboxylic acid groups (broad SMARTS) is 1. The molecule has 1 saturated carbocycles. The molecule has 2 atom stereocenters. The molecule has 7 heteroatoms. The molecule has 5 nitrogen and oxygen atoms in total. The Balaban J connectivity index is 0.00000588. The summed E-state index contributed by atoms with van der Waals surface area (Å²) in [6.45, 7) is 7.22. The first kappa shape index (κ1) is 35.2. The van der Waals surface area contributed by atoms with Crippen molar-refractivity contribution in [2.45, 2.75) is 90.8 Å². The van der Waals surface area contributed by atoms with Gasteiger partial charge in [0.05, 0.1) is 12.0 Å². The van der Waals surface area contributed by atoms with Gasteiger partial charge in [-0.3, -0.25) is 4.79 Å². The van der Waals surface area contributed by atoms with Crippen LogP contribution in [0.1, 0.15) is 86.7 Å². The fourth-order valence-electron chi connectivity index (χ4n) is 5.49. The molecule has 2 aromatic rings. The first-order valence-corrected chi connectivity index (χ1v) is 16.3. The predicted octanol–water partition coefficient (Wildman–Crippen LogP) is 3.30. The molecule has 1 aliphatic rings. The van der Waals surface area contributed by atoms with Gasteiger partial charge in [-0.1, -0.05) is 88.4 Å². The van der Waals surface area contributed by atoms with E-state index < -0.39 is 12.0 Å². The van der Waals surface area contributed by atoms with Crippen molar-refractivity contribution in [3.63, 3.8) is 0 Å². The number of benzene rings is 2. The molecule has 1 aliphatic carbocycles. The maximum atomic E-state index is 13.4. The summed E-state index contributed by atoms with van der Waals surface area (Å²) in [6, 6.07) is 13.2. The summed E-state index contributed by atoms with van der Waals surface area (Å²) >= 11 is 1.54. The molecule has 41 heavy (non-hydrogen) atoms. The van der Waals surface area contributed by atoms with Gasteiger partial charge in [-0.25, -0.2) is 0 Å². The van der Waals surface area contributed by atoms with Gasteiger partial charge in [0.15, 0.2) is 0 Å². The number of rotatable bonds is 15. The molecule has 2 N–H and O–H groups in total. The number of hydrogen-bond acceptors (Lipinski definition) is 5. The zero-order valence-electron chi connectivity index (χ0n) is 25.7. The van der Waals surface area contributed by atoms with E-state index in [1.54, 1.807) is 11.8 Å². The SMILES string of the molecule is CSCC[C@H](NC(=O)c1ccc(CN[C@H](/C=C/CC(C)C)CC2CCCCC2)cc1-c1ccccc1C)C(=O)[O-].[Li+]. The number of allylic oxidation sites excluding steroid dienone is 1. The summed E-state index contributed by atoms with van der Waals surface area (Å²) in [5.74, 6) is 0.391. The molecular formula is C34H47LiN2O3S. The largest absolute Gasteiger partial charge is 1.00 e. The van der Waals surface area contributed by atoms with E-state index in [0.29, 0.717) is 36.2 Å². The molecule has 0 aliphatic heterocycles. The molecule has 0 bridgehead atoms. The van der Waals surface area contributed by atoms with Gasteiger partial charge < -0.3 is 20.5 Å². The maximum Gasteiger partial charge on any atom is 1.00 e. The summed E-state index contributed by atoms with van der Waals surface area (Å²) in [4.78, 5) is 25.1. The van der Waals surface area contributed by atoms with E-state index in [2.05, 4.69) is 42.7 Å². The molecule has 0 unspecified atom stereocenters. The minimum absolute atomic E-state index is 0. The summed E-state index contributed by atoms with van der Waals surface area (Å²) < 4.78 is 0. The monoisotopic (exact) mass is 570 g/mol. The van der Waals surface area contributed by atoms with Crippen LogP contribution < -0.4 is 34.6 Å². The Morgan fingerprint density at radius 2 is 1.80 bits per heavy atom. The number of thioether (sulfide) groups is 1. The van der Waals surface area contributed by atoms with Crippen LogP contribution in [0.5, 0.6) is 0 Å². The Bertz CT molecular complexity index is 1130. The topological polar surface area (TPSA) is 81.3 Å². The van der Waals surface area contributed by atoms with Gasteiger partial charge in [-0.15, -0.1) is 0 Å². The van der Waals surface area contributed by atoms with E-state index in [1.807, 2.05) is 49.6 Å². The van der Waals surface area contributed by atoms with E-state index in [9.17, 15) is 14.7 Å². The maximum absolute atomic E-state index is 13.4. The van der Waals surface area contributed by atoms with E-state index in [-0.39, 0.29) is 24.8 Å². The number of hydrogen-bond donors (Lipinski definition) is 2. The van der Waals surface area contributed by atoms with Gasteiger partial charge in [0.1, 0.15) is 0 Å². The molecular weight excluding hydrogens is 523 g/mol. The molecule has 3 rings (SSSR count). The predicted molar refractivity (Wildman–Crippen MR) is 166 cm³/mol. The van der Waals surface area contributed by atoms with Crippen molar-refractivity contribution in [3.8, 4) is 11.1 Å². The van der Waals surface area contributed by atoms with E-state index in [0.717, 1.165) is 41.0 Å². The summed E-state index contributed by atoms with van der Waals surface area (Å²) in [7, 11) is 0. The average Bonchev–Trinajstić information content (AvgIpc) is 2.94. The number of carbonyl (C=O) groups excluding carboxylic acids is 2. The van der Waals surface area contributed by atoms with Crippen LogP contribution >= 0.6 is 11.8 Å². The zero-order valence-corrected chi connectivity index (χ0v) is 26.5. The summed E-state index contributed by atoms with van der Waals surface area (Å²) in [5.41, 5.74) is 4.42. The minimum atomic E-state index is -1.25. The van der Waals surface area contributed by atoms with Gasteiger partial charge >= 0.3 is 18.9 Å². The first-order valence-electron chi connectivity index (χ1n) is 14.9. The average molecular weight is 571 g/mol. The van der Waals surface area contributed by atoms with Crippen LogP contribution in [0.2, 0.25) is 0 Å². The quantitative estimate of drug-likeness (QED) is 0.254. The molecule has 218 valence electrons. The molecule has 0 aromatic heterocycles. The molecule has 0 heterocycles. The zero-order chi connectivity index (χ0) is 28.9. The van der Waals surface area contributed by atoms with Gasteiger partial charge in [0.2, 0.25) is 0 Å². The number of carbonyl (C=O) groups is 2. The second kappa shape index (κ2) is 18.5. The van der Waals surface area contributed by atoms with Crippen LogP contribution in [0.15, 0.2) is 54.6 Å².